The minimum absolute atomic E-state index is 0. The molecular weight excluding hydrogens is 471 g/mol. The number of piperazine rings is 1. The van der Waals surface area contributed by atoms with Crippen LogP contribution in [0.2, 0.25) is 0 Å². The van der Waals surface area contributed by atoms with Crippen molar-refractivity contribution in [3.05, 3.63) is 0 Å². The Kier molecular flexibility index (Phi) is 13.0. The van der Waals surface area contributed by atoms with Crippen molar-refractivity contribution in [1.82, 2.24) is 14.5 Å². The zero-order valence-electron chi connectivity index (χ0n) is 16.3. The lowest BCUT2D eigenvalue weighted by atomic mass is 10.2. The van der Waals surface area contributed by atoms with E-state index in [2.05, 4.69) is 15.2 Å². The summed E-state index contributed by atoms with van der Waals surface area (Å²) >= 11 is 0. The average molecular weight is 506 g/mol. The van der Waals surface area contributed by atoms with Crippen LogP contribution in [0.1, 0.15) is 27.7 Å². The molecule has 0 saturated carbocycles. The number of ether oxygens (including phenoxy) is 1. The number of guanidine groups is 1. The van der Waals surface area contributed by atoms with Gasteiger partial charge in [-0.05, 0) is 26.7 Å². The molecule has 0 bridgehead atoms. The first-order valence-corrected chi connectivity index (χ1v) is 10.6. The van der Waals surface area contributed by atoms with Gasteiger partial charge in [0.25, 0.3) is 0 Å². The maximum Gasteiger partial charge on any atom is 0.216 e. The van der Waals surface area contributed by atoms with Crippen molar-refractivity contribution >= 4 is 40.0 Å². The predicted molar refractivity (Wildman–Crippen MR) is 116 cm³/mol. The molecule has 0 aromatic heterocycles. The van der Waals surface area contributed by atoms with Crippen molar-refractivity contribution in [2.24, 2.45) is 10.9 Å². The topological polar surface area (TPSA) is 94.5 Å². The second kappa shape index (κ2) is 13.1. The van der Waals surface area contributed by atoms with Gasteiger partial charge in [0.05, 0.1) is 18.5 Å². The van der Waals surface area contributed by atoms with E-state index in [1.165, 1.54) is 4.31 Å². The minimum atomic E-state index is -3.28. The third kappa shape index (κ3) is 9.16. The Balaban J connectivity index is 0.00000625. The molecule has 0 aromatic rings. The Labute approximate surface area is 175 Å². The number of halogens is 1. The summed E-state index contributed by atoms with van der Waals surface area (Å²) in [4.78, 5) is 6.62. The number of aliphatic imine (C=N–C) groups is 1. The first-order chi connectivity index (χ1) is 11.8. The van der Waals surface area contributed by atoms with E-state index in [0.717, 1.165) is 12.5 Å². The Morgan fingerprint density at radius 2 is 1.85 bits per heavy atom. The second-order valence-corrected chi connectivity index (χ2v) is 8.69. The monoisotopic (exact) mass is 506 g/mol. The zero-order valence-corrected chi connectivity index (χ0v) is 19.5. The molecule has 1 fully saturated rings. The Morgan fingerprint density at radius 3 is 2.35 bits per heavy atom. The Morgan fingerprint density at radius 1 is 1.23 bits per heavy atom. The van der Waals surface area contributed by atoms with E-state index >= 15 is 0 Å². The van der Waals surface area contributed by atoms with Crippen LogP contribution in [0, 0.1) is 5.92 Å². The summed E-state index contributed by atoms with van der Waals surface area (Å²) in [7, 11) is -3.28. The molecule has 0 aliphatic carbocycles. The van der Waals surface area contributed by atoms with E-state index in [9.17, 15) is 8.42 Å². The number of rotatable bonds is 9. The van der Waals surface area contributed by atoms with E-state index in [1.807, 2.05) is 27.7 Å². The predicted octanol–water partition coefficient (Wildman–Crippen LogP) is 0.571. The van der Waals surface area contributed by atoms with Gasteiger partial charge in [0.15, 0.2) is 5.96 Å². The molecule has 26 heavy (non-hydrogen) atoms. The molecule has 1 unspecified atom stereocenters. The highest BCUT2D eigenvalue weighted by Gasteiger charge is 2.28. The van der Waals surface area contributed by atoms with Crippen LogP contribution in [0.5, 0.6) is 0 Å². The van der Waals surface area contributed by atoms with Crippen molar-refractivity contribution < 1.29 is 18.3 Å². The van der Waals surface area contributed by atoms with E-state index in [1.54, 1.807) is 0 Å². The van der Waals surface area contributed by atoms with Crippen molar-refractivity contribution in [3.8, 4) is 0 Å². The first kappa shape index (κ1) is 25.8. The number of aliphatic hydroxyl groups is 1. The van der Waals surface area contributed by atoms with E-state index in [4.69, 9.17) is 9.84 Å². The quantitative estimate of drug-likeness (QED) is 0.270. The lowest BCUT2D eigenvalue weighted by Gasteiger charge is -2.36. The number of hydrogen-bond donors (Lipinski definition) is 2. The standard InChI is InChI=1S/C16H34N4O4S.HI/c1-5-17-16(18-12-15(4)13-21)19-6-8-20(9-7-19)25(22,23)11-10-24-14(2)3;/h14-15,21H,5-13H2,1-4H3,(H,17,18);1H. The van der Waals surface area contributed by atoms with Gasteiger partial charge in [0.1, 0.15) is 0 Å². The number of aliphatic hydroxyl groups excluding tert-OH is 1. The lowest BCUT2D eigenvalue weighted by Crippen LogP contribution is -2.54. The highest BCUT2D eigenvalue weighted by Crippen LogP contribution is 2.09. The molecule has 1 rings (SSSR count). The third-order valence-electron chi connectivity index (χ3n) is 3.92. The van der Waals surface area contributed by atoms with Crippen LogP contribution in [0.25, 0.3) is 0 Å². The van der Waals surface area contributed by atoms with Crippen LogP contribution < -0.4 is 5.32 Å². The summed E-state index contributed by atoms with van der Waals surface area (Å²) in [6, 6.07) is 0. The molecule has 2 N–H and O–H groups in total. The Hall–Kier alpha value is -0.170. The van der Waals surface area contributed by atoms with E-state index in [-0.39, 0.29) is 55.0 Å². The van der Waals surface area contributed by atoms with Crippen molar-refractivity contribution in [2.45, 2.75) is 33.8 Å². The van der Waals surface area contributed by atoms with Gasteiger partial charge in [-0.15, -0.1) is 24.0 Å². The van der Waals surface area contributed by atoms with Crippen molar-refractivity contribution in [3.63, 3.8) is 0 Å². The highest BCUT2D eigenvalue weighted by molar-refractivity contribution is 14.0. The summed E-state index contributed by atoms with van der Waals surface area (Å²) in [5, 5.41) is 12.4. The molecule has 156 valence electrons. The van der Waals surface area contributed by atoms with Crippen LogP contribution in [-0.4, -0.2) is 93.0 Å². The second-order valence-electron chi connectivity index (χ2n) is 6.60. The van der Waals surface area contributed by atoms with Crippen LogP contribution in [0.4, 0.5) is 0 Å². The third-order valence-corrected chi connectivity index (χ3v) is 5.76. The maximum absolute atomic E-state index is 12.4. The number of nitrogens with one attached hydrogen (secondary N) is 1. The van der Waals surface area contributed by atoms with Crippen LogP contribution in [0.3, 0.4) is 0 Å². The molecule has 0 spiro atoms. The summed E-state index contributed by atoms with van der Waals surface area (Å²) in [6.45, 7) is 11.5. The lowest BCUT2D eigenvalue weighted by molar-refractivity contribution is 0.0904. The molecular formula is C16H35IN4O4S. The first-order valence-electron chi connectivity index (χ1n) is 9.03. The molecule has 1 atom stereocenters. The smallest absolute Gasteiger partial charge is 0.216 e. The molecule has 1 aliphatic rings. The highest BCUT2D eigenvalue weighted by atomic mass is 127. The van der Waals surface area contributed by atoms with Gasteiger partial charge in [0, 0.05) is 45.9 Å². The van der Waals surface area contributed by atoms with Crippen molar-refractivity contribution in [2.75, 3.05) is 58.2 Å². The largest absolute Gasteiger partial charge is 0.396 e. The maximum atomic E-state index is 12.4. The normalized spacial score (nSPS) is 17.9. The van der Waals surface area contributed by atoms with Crippen LogP contribution in [-0.2, 0) is 14.8 Å². The molecule has 0 aromatic carbocycles. The number of sulfonamides is 1. The Bertz CT molecular complexity index is 508. The van der Waals surface area contributed by atoms with Crippen molar-refractivity contribution in [1.29, 1.82) is 0 Å². The number of hydrogen-bond acceptors (Lipinski definition) is 5. The van der Waals surface area contributed by atoms with Gasteiger partial charge in [-0.1, -0.05) is 6.92 Å². The van der Waals surface area contributed by atoms with Gasteiger partial charge in [-0.2, -0.15) is 4.31 Å². The van der Waals surface area contributed by atoms with E-state index in [0.29, 0.717) is 32.7 Å². The minimum Gasteiger partial charge on any atom is -0.396 e. The van der Waals surface area contributed by atoms with Gasteiger partial charge in [0.2, 0.25) is 10.0 Å². The molecule has 10 heteroatoms. The SMILES string of the molecule is CCNC(=NCC(C)CO)N1CCN(S(=O)(=O)CCOC(C)C)CC1.I. The average Bonchev–Trinajstić information content (AvgIpc) is 2.57. The molecule has 8 nitrogen and oxygen atoms in total. The van der Waals surface area contributed by atoms with E-state index < -0.39 is 10.0 Å². The van der Waals surface area contributed by atoms with Gasteiger partial charge in [-0.3, -0.25) is 4.99 Å². The summed E-state index contributed by atoms with van der Waals surface area (Å²) in [5.41, 5.74) is 0. The summed E-state index contributed by atoms with van der Waals surface area (Å²) in [6.07, 6.45) is 0.0345. The van der Waals surface area contributed by atoms with Gasteiger partial charge < -0.3 is 20.1 Å². The van der Waals surface area contributed by atoms with Gasteiger partial charge >= 0.3 is 0 Å². The number of nitrogens with zero attached hydrogens (tertiary/aromatic N) is 3. The summed E-state index contributed by atoms with van der Waals surface area (Å²) in [5.74, 6) is 0.909. The van der Waals surface area contributed by atoms with Crippen LogP contribution in [0.15, 0.2) is 4.99 Å². The fraction of sp³-hybridized carbons (Fsp3) is 0.938. The molecule has 1 saturated heterocycles. The molecule has 0 radical (unpaired) electrons. The molecule has 0 amide bonds. The van der Waals surface area contributed by atoms with Crippen LogP contribution >= 0.6 is 24.0 Å². The van der Waals surface area contributed by atoms with Gasteiger partial charge in [-0.25, -0.2) is 8.42 Å². The summed E-state index contributed by atoms with van der Waals surface area (Å²) < 4.78 is 31.6. The molecule has 1 heterocycles. The molecule has 1 aliphatic heterocycles. The fourth-order valence-electron chi connectivity index (χ4n) is 2.42. The fourth-order valence-corrected chi connectivity index (χ4v) is 3.71. The zero-order chi connectivity index (χ0) is 18.9.